The largest absolute Gasteiger partial charge is 0.347 e. The fourth-order valence-corrected chi connectivity index (χ4v) is 4.85. The molecule has 0 aliphatic carbocycles. The van der Waals surface area contributed by atoms with Gasteiger partial charge < -0.3 is 4.90 Å². The van der Waals surface area contributed by atoms with Crippen LogP contribution < -0.4 is 0 Å². The smallest absolute Gasteiger partial charge is 0.271 e. The molecule has 1 aliphatic heterocycles. The van der Waals surface area contributed by atoms with Crippen LogP contribution in [0.3, 0.4) is 0 Å². The van der Waals surface area contributed by atoms with Gasteiger partial charge in [-0.25, -0.2) is 8.42 Å². The summed E-state index contributed by atoms with van der Waals surface area (Å²) in [5.41, 5.74) is 0.715. The molecule has 8 nitrogen and oxygen atoms in total. The molecule has 24 heavy (non-hydrogen) atoms. The lowest BCUT2D eigenvalue weighted by Crippen LogP contribution is -2.45. The molecule has 0 spiro atoms. The van der Waals surface area contributed by atoms with Crippen molar-refractivity contribution in [3.8, 4) is 0 Å². The Kier molecular flexibility index (Phi) is 4.95. The first-order valence-corrected chi connectivity index (χ1v) is 9.00. The fourth-order valence-electron chi connectivity index (χ4n) is 2.88. The summed E-state index contributed by atoms with van der Waals surface area (Å²) in [6.45, 7) is 3.48. The normalized spacial score (nSPS) is 18.6. The number of nitro benzene ring substituents is 1. The van der Waals surface area contributed by atoms with E-state index in [2.05, 4.69) is 0 Å². The first-order chi connectivity index (χ1) is 11.1. The van der Waals surface area contributed by atoms with Crippen molar-refractivity contribution in [2.45, 2.75) is 37.6 Å². The maximum Gasteiger partial charge on any atom is 0.271 e. The molecule has 1 fully saturated rings. The average molecular weight is 355 g/mol. The van der Waals surface area contributed by atoms with Crippen LogP contribution >= 0.6 is 0 Å². The summed E-state index contributed by atoms with van der Waals surface area (Å²) in [7, 11) is -0.839. The lowest BCUT2D eigenvalue weighted by atomic mass is 10.1. The SMILES string of the molecule is Cc1cc([N+](=O)[O-])cc(S(=O)(=O)N2CCC[C@@H]2C(=O)N(C)C)c1C. The highest BCUT2D eigenvalue weighted by Crippen LogP contribution is 2.32. The van der Waals surface area contributed by atoms with Crippen LogP contribution in [0.4, 0.5) is 5.69 Å². The lowest BCUT2D eigenvalue weighted by Gasteiger charge is -2.26. The minimum atomic E-state index is -3.99. The van der Waals surface area contributed by atoms with Gasteiger partial charge >= 0.3 is 0 Å². The minimum absolute atomic E-state index is 0.104. The maximum atomic E-state index is 13.1. The number of sulfonamides is 1. The Morgan fingerprint density at radius 2 is 1.96 bits per heavy atom. The second-order valence-electron chi connectivity index (χ2n) is 6.15. The van der Waals surface area contributed by atoms with Crippen LogP contribution in [-0.2, 0) is 14.8 Å². The van der Waals surface area contributed by atoms with Gasteiger partial charge in [-0.2, -0.15) is 4.31 Å². The highest BCUT2D eigenvalue weighted by molar-refractivity contribution is 7.89. The monoisotopic (exact) mass is 355 g/mol. The van der Waals surface area contributed by atoms with E-state index in [1.807, 2.05) is 0 Å². The van der Waals surface area contributed by atoms with Crippen LogP contribution in [0, 0.1) is 24.0 Å². The first kappa shape index (κ1) is 18.3. The molecule has 1 amide bonds. The van der Waals surface area contributed by atoms with Crippen molar-refractivity contribution < 1.29 is 18.1 Å². The number of hydrogen-bond acceptors (Lipinski definition) is 5. The van der Waals surface area contributed by atoms with Crippen LogP contribution in [0.1, 0.15) is 24.0 Å². The van der Waals surface area contributed by atoms with Gasteiger partial charge in [-0.1, -0.05) is 0 Å². The third-order valence-corrected chi connectivity index (χ3v) is 6.37. The molecule has 0 saturated carbocycles. The van der Waals surface area contributed by atoms with E-state index >= 15 is 0 Å². The number of hydrogen-bond donors (Lipinski definition) is 0. The number of carbonyl (C=O) groups excluding carboxylic acids is 1. The van der Waals surface area contributed by atoms with E-state index in [1.165, 1.54) is 15.3 Å². The van der Waals surface area contributed by atoms with E-state index in [9.17, 15) is 23.3 Å². The Labute approximate surface area is 141 Å². The number of carbonyl (C=O) groups is 1. The zero-order chi connectivity index (χ0) is 18.2. The highest BCUT2D eigenvalue weighted by Gasteiger charge is 2.41. The Morgan fingerprint density at radius 1 is 1.33 bits per heavy atom. The number of benzene rings is 1. The number of aryl methyl sites for hydroxylation is 1. The van der Waals surface area contributed by atoms with E-state index in [0.717, 1.165) is 6.07 Å². The molecule has 1 atom stereocenters. The molecule has 1 aromatic rings. The van der Waals surface area contributed by atoms with E-state index < -0.39 is 21.0 Å². The summed E-state index contributed by atoms with van der Waals surface area (Å²) in [4.78, 5) is 24.0. The van der Waals surface area contributed by atoms with Gasteiger partial charge in [0, 0.05) is 32.8 Å². The Bertz CT molecular complexity index is 789. The number of rotatable bonds is 4. The molecule has 2 rings (SSSR count). The van der Waals surface area contributed by atoms with Gasteiger partial charge in [0.2, 0.25) is 15.9 Å². The van der Waals surface area contributed by atoms with Crippen LogP contribution in [-0.4, -0.2) is 55.1 Å². The van der Waals surface area contributed by atoms with Gasteiger partial charge in [-0.15, -0.1) is 0 Å². The van der Waals surface area contributed by atoms with Crippen molar-refractivity contribution in [3.63, 3.8) is 0 Å². The summed E-state index contributed by atoms with van der Waals surface area (Å²) in [6, 6.07) is 1.66. The van der Waals surface area contributed by atoms with Gasteiger partial charge in [-0.05, 0) is 37.8 Å². The topological polar surface area (TPSA) is 101 Å². The van der Waals surface area contributed by atoms with E-state index in [-0.39, 0.29) is 23.0 Å². The third-order valence-electron chi connectivity index (χ3n) is 4.33. The van der Waals surface area contributed by atoms with Gasteiger partial charge in [0.25, 0.3) is 5.69 Å². The summed E-state index contributed by atoms with van der Waals surface area (Å²) in [6.07, 6.45) is 1.03. The van der Waals surface area contributed by atoms with E-state index in [0.29, 0.717) is 24.0 Å². The molecular weight excluding hydrogens is 334 g/mol. The molecule has 1 saturated heterocycles. The van der Waals surface area contributed by atoms with E-state index in [4.69, 9.17) is 0 Å². The Balaban J connectivity index is 2.54. The predicted molar refractivity (Wildman–Crippen MR) is 88.2 cm³/mol. The lowest BCUT2D eigenvalue weighted by molar-refractivity contribution is -0.385. The second kappa shape index (κ2) is 6.48. The van der Waals surface area contributed by atoms with Crippen molar-refractivity contribution in [2.24, 2.45) is 0 Å². The van der Waals surface area contributed by atoms with Crippen molar-refractivity contribution in [2.75, 3.05) is 20.6 Å². The van der Waals surface area contributed by atoms with E-state index in [1.54, 1.807) is 27.9 Å². The number of non-ortho nitro benzene ring substituents is 1. The molecule has 0 N–H and O–H groups in total. The number of amides is 1. The summed E-state index contributed by atoms with van der Waals surface area (Å²) in [5, 5.41) is 11.1. The highest BCUT2D eigenvalue weighted by atomic mass is 32.2. The van der Waals surface area contributed by atoms with Crippen molar-refractivity contribution in [3.05, 3.63) is 33.4 Å². The summed E-state index contributed by atoms with van der Waals surface area (Å²) in [5.74, 6) is -0.282. The van der Waals surface area contributed by atoms with Crippen molar-refractivity contribution in [1.29, 1.82) is 0 Å². The van der Waals surface area contributed by atoms with Gasteiger partial charge in [-0.3, -0.25) is 14.9 Å². The number of nitro groups is 1. The summed E-state index contributed by atoms with van der Waals surface area (Å²) < 4.78 is 27.3. The zero-order valence-corrected chi connectivity index (χ0v) is 15.0. The van der Waals surface area contributed by atoms with Crippen molar-refractivity contribution in [1.82, 2.24) is 9.21 Å². The molecular formula is C15H21N3O5S. The molecule has 0 radical (unpaired) electrons. The number of nitrogens with zero attached hydrogens (tertiary/aromatic N) is 3. The van der Waals surface area contributed by atoms with Crippen LogP contribution in [0.25, 0.3) is 0 Å². The van der Waals surface area contributed by atoms with Crippen LogP contribution in [0.2, 0.25) is 0 Å². The van der Waals surface area contributed by atoms with Crippen molar-refractivity contribution >= 4 is 21.6 Å². The predicted octanol–water partition coefficient (Wildman–Crippen LogP) is 1.45. The third kappa shape index (κ3) is 3.13. The molecule has 9 heteroatoms. The fraction of sp³-hybridized carbons (Fsp3) is 0.533. The molecule has 0 aromatic heterocycles. The number of likely N-dealkylation sites (N-methyl/N-ethyl adjacent to an activating group) is 1. The van der Waals surface area contributed by atoms with Gasteiger partial charge in [0.1, 0.15) is 6.04 Å². The van der Waals surface area contributed by atoms with Gasteiger partial charge in [0.05, 0.1) is 9.82 Å². The molecule has 0 bridgehead atoms. The Morgan fingerprint density at radius 3 is 2.50 bits per heavy atom. The maximum absolute atomic E-state index is 13.1. The quantitative estimate of drug-likeness (QED) is 0.601. The molecule has 0 unspecified atom stereocenters. The molecule has 1 aromatic carbocycles. The average Bonchev–Trinajstić information content (AvgIpc) is 2.98. The second-order valence-corrected chi connectivity index (χ2v) is 8.01. The van der Waals surface area contributed by atoms with Gasteiger partial charge in [0.15, 0.2) is 0 Å². The summed E-state index contributed by atoms with van der Waals surface area (Å²) >= 11 is 0. The minimum Gasteiger partial charge on any atom is -0.347 e. The first-order valence-electron chi connectivity index (χ1n) is 7.56. The molecule has 132 valence electrons. The molecule has 1 aliphatic rings. The van der Waals surface area contributed by atoms with Crippen LogP contribution in [0.5, 0.6) is 0 Å². The standard InChI is InChI=1S/C15H21N3O5S/c1-10-8-12(18(20)21)9-14(11(10)2)24(22,23)17-7-5-6-13(17)15(19)16(3)4/h8-9,13H,5-7H2,1-4H3/t13-/m1/s1. The zero-order valence-electron chi connectivity index (χ0n) is 14.1. The van der Waals surface area contributed by atoms with Crippen LogP contribution in [0.15, 0.2) is 17.0 Å². The molecule has 1 heterocycles. The Hall–Kier alpha value is -2.00.